The van der Waals surface area contributed by atoms with Crippen LogP contribution in [0.3, 0.4) is 0 Å². The molecule has 1 aliphatic carbocycles. The minimum Gasteiger partial charge on any atom is -0.374 e. The molecule has 2 heteroatoms. The highest BCUT2D eigenvalue weighted by Gasteiger charge is 2.24. The van der Waals surface area contributed by atoms with Crippen LogP contribution in [-0.2, 0) is 4.74 Å². The maximum atomic E-state index is 6.02. The average molecular weight is 255 g/mol. The molecule has 0 aliphatic heterocycles. The molecule has 0 saturated heterocycles. The third-order valence-electron chi connectivity index (χ3n) is 3.82. The van der Waals surface area contributed by atoms with E-state index >= 15 is 0 Å². The first-order valence-corrected chi connectivity index (χ1v) is 7.90. The van der Waals surface area contributed by atoms with Gasteiger partial charge in [-0.1, -0.05) is 32.6 Å². The van der Waals surface area contributed by atoms with E-state index in [-0.39, 0.29) is 5.60 Å². The fourth-order valence-corrected chi connectivity index (χ4v) is 2.74. The normalized spacial score (nSPS) is 20.7. The first-order valence-electron chi connectivity index (χ1n) is 7.90. The number of rotatable bonds is 6. The van der Waals surface area contributed by atoms with Crippen molar-refractivity contribution in [2.75, 3.05) is 13.2 Å². The Balaban J connectivity index is 2.46. The lowest BCUT2D eigenvalue weighted by molar-refractivity contribution is -0.0232. The Hall–Kier alpha value is -0.0800. The Labute approximate surface area is 114 Å². The van der Waals surface area contributed by atoms with Gasteiger partial charge in [0, 0.05) is 6.04 Å². The zero-order valence-electron chi connectivity index (χ0n) is 12.9. The summed E-state index contributed by atoms with van der Waals surface area (Å²) in [4.78, 5) is 0. The molecule has 1 atom stereocenters. The van der Waals surface area contributed by atoms with Gasteiger partial charge in [-0.2, -0.15) is 0 Å². The summed E-state index contributed by atoms with van der Waals surface area (Å²) in [7, 11) is 0. The van der Waals surface area contributed by atoms with Crippen molar-refractivity contribution < 1.29 is 4.74 Å². The molecule has 1 aliphatic rings. The van der Waals surface area contributed by atoms with Gasteiger partial charge in [0.15, 0.2) is 0 Å². The van der Waals surface area contributed by atoms with Crippen LogP contribution in [0.5, 0.6) is 0 Å². The van der Waals surface area contributed by atoms with E-state index in [1.54, 1.807) is 0 Å². The Kier molecular flexibility index (Phi) is 7.25. The zero-order valence-corrected chi connectivity index (χ0v) is 12.9. The summed E-state index contributed by atoms with van der Waals surface area (Å²) in [5.41, 5.74) is -0.0170. The Morgan fingerprint density at radius 2 is 1.72 bits per heavy atom. The van der Waals surface area contributed by atoms with Gasteiger partial charge in [-0.15, -0.1) is 0 Å². The van der Waals surface area contributed by atoms with Crippen LogP contribution in [0.4, 0.5) is 0 Å². The summed E-state index contributed by atoms with van der Waals surface area (Å²) < 4.78 is 6.02. The summed E-state index contributed by atoms with van der Waals surface area (Å²) in [6.45, 7) is 10.7. The molecule has 0 aromatic heterocycles. The summed E-state index contributed by atoms with van der Waals surface area (Å²) in [6, 6.07) is 0.558. The van der Waals surface area contributed by atoms with E-state index in [1.165, 1.54) is 44.9 Å². The molecular weight excluding hydrogens is 222 g/mol. The van der Waals surface area contributed by atoms with Gasteiger partial charge in [-0.05, 0) is 52.5 Å². The first-order chi connectivity index (χ1) is 8.53. The Morgan fingerprint density at radius 1 is 1.11 bits per heavy atom. The lowest BCUT2D eigenvalue weighted by Crippen LogP contribution is -2.42. The Bertz CT molecular complexity index is 202. The monoisotopic (exact) mass is 255 g/mol. The summed E-state index contributed by atoms with van der Waals surface area (Å²) >= 11 is 0. The number of hydrogen-bond donors (Lipinski definition) is 1. The van der Waals surface area contributed by atoms with E-state index in [1.807, 2.05) is 0 Å². The number of nitrogens with one attached hydrogen (secondary N) is 1. The summed E-state index contributed by atoms with van der Waals surface area (Å²) in [5, 5.41) is 3.71. The van der Waals surface area contributed by atoms with Crippen LogP contribution in [0.2, 0.25) is 0 Å². The van der Waals surface area contributed by atoms with Crippen molar-refractivity contribution in [1.82, 2.24) is 5.32 Å². The van der Waals surface area contributed by atoms with Crippen molar-refractivity contribution >= 4 is 0 Å². The second-order valence-electron chi connectivity index (χ2n) is 6.74. The third-order valence-corrected chi connectivity index (χ3v) is 3.82. The topological polar surface area (TPSA) is 21.3 Å². The number of ether oxygens (including phenoxy) is 1. The molecule has 1 N–H and O–H groups in total. The molecule has 0 heterocycles. The minimum absolute atomic E-state index is 0.0170. The minimum atomic E-state index is -0.0170. The van der Waals surface area contributed by atoms with E-state index in [0.717, 1.165) is 19.1 Å². The summed E-state index contributed by atoms with van der Waals surface area (Å²) in [6.07, 6.45) is 9.64. The molecule has 0 radical (unpaired) electrons. The molecule has 0 aromatic rings. The van der Waals surface area contributed by atoms with Crippen molar-refractivity contribution in [2.45, 2.75) is 84.3 Å². The van der Waals surface area contributed by atoms with Gasteiger partial charge in [-0.3, -0.25) is 0 Å². The standard InChI is InChI=1S/C16H33NO/c1-5-12-17-15(13-18-16(2,3)4)14-10-8-6-7-9-11-14/h14-15,17H,5-13H2,1-4H3. The fourth-order valence-electron chi connectivity index (χ4n) is 2.74. The van der Waals surface area contributed by atoms with Gasteiger partial charge < -0.3 is 10.1 Å². The molecular formula is C16H33NO. The highest BCUT2D eigenvalue weighted by Crippen LogP contribution is 2.26. The van der Waals surface area contributed by atoms with Crippen molar-refractivity contribution in [3.05, 3.63) is 0 Å². The molecule has 0 bridgehead atoms. The van der Waals surface area contributed by atoms with E-state index in [0.29, 0.717) is 6.04 Å². The van der Waals surface area contributed by atoms with Crippen LogP contribution in [0.15, 0.2) is 0 Å². The molecule has 0 aromatic carbocycles. The van der Waals surface area contributed by atoms with Gasteiger partial charge in [-0.25, -0.2) is 0 Å². The number of hydrogen-bond acceptors (Lipinski definition) is 2. The van der Waals surface area contributed by atoms with Crippen molar-refractivity contribution in [1.29, 1.82) is 0 Å². The van der Waals surface area contributed by atoms with Crippen molar-refractivity contribution in [3.63, 3.8) is 0 Å². The van der Waals surface area contributed by atoms with Crippen LogP contribution in [0.25, 0.3) is 0 Å². The molecule has 1 rings (SSSR count). The molecule has 1 fully saturated rings. The van der Waals surface area contributed by atoms with Gasteiger partial charge in [0.25, 0.3) is 0 Å². The van der Waals surface area contributed by atoms with Gasteiger partial charge >= 0.3 is 0 Å². The van der Waals surface area contributed by atoms with Crippen LogP contribution in [-0.4, -0.2) is 24.8 Å². The van der Waals surface area contributed by atoms with E-state index in [2.05, 4.69) is 33.0 Å². The van der Waals surface area contributed by atoms with Gasteiger partial charge in [0.1, 0.15) is 0 Å². The molecule has 2 nitrogen and oxygen atoms in total. The zero-order chi connectivity index (χ0) is 13.4. The van der Waals surface area contributed by atoms with Crippen LogP contribution in [0.1, 0.15) is 72.6 Å². The maximum absolute atomic E-state index is 6.02. The van der Waals surface area contributed by atoms with Crippen molar-refractivity contribution in [3.8, 4) is 0 Å². The van der Waals surface area contributed by atoms with Gasteiger partial charge in [0.2, 0.25) is 0 Å². The predicted octanol–water partition coefficient (Wildman–Crippen LogP) is 4.14. The molecule has 0 amide bonds. The SMILES string of the molecule is CCCNC(COC(C)(C)C)C1CCCCCC1. The van der Waals surface area contributed by atoms with Crippen LogP contribution in [0, 0.1) is 5.92 Å². The fraction of sp³-hybridized carbons (Fsp3) is 1.00. The smallest absolute Gasteiger partial charge is 0.0629 e. The molecule has 1 unspecified atom stereocenters. The van der Waals surface area contributed by atoms with E-state index in [9.17, 15) is 0 Å². The van der Waals surface area contributed by atoms with E-state index in [4.69, 9.17) is 4.74 Å². The third kappa shape index (κ3) is 6.75. The van der Waals surface area contributed by atoms with Crippen LogP contribution >= 0.6 is 0 Å². The maximum Gasteiger partial charge on any atom is 0.0629 e. The van der Waals surface area contributed by atoms with Crippen LogP contribution < -0.4 is 5.32 Å². The summed E-state index contributed by atoms with van der Waals surface area (Å²) in [5.74, 6) is 0.821. The highest BCUT2D eigenvalue weighted by atomic mass is 16.5. The Morgan fingerprint density at radius 3 is 2.22 bits per heavy atom. The average Bonchev–Trinajstić information content (AvgIpc) is 2.56. The molecule has 0 spiro atoms. The second kappa shape index (κ2) is 8.16. The second-order valence-corrected chi connectivity index (χ2v) is 6.74. The quantitative estimate of drug-likeness (QED) is 0.720. The van der Waals surface area contributed by atoms with Gasteiger partial charge in [0.05, 0.1) is 12.2 Å². The van der Waals surface area contributed by atoms with E-state index < -0.39 is 0 Å². The van der Waals surface area contributed by atoms with Crippen molar-refractivity contribution in [2.24, 2.45) is 5.92 Å². The predicted molar refractivity (Wildman–Crippen MR) is 79.0 cm³/mol. The lowest BCUT2D eigenvalue weighted by Gasteiger charge is -2.30. The molecule has 18 heavy (non-hydrogen) atoms. The molecule has 108 valence electrons. The first kappa shape index (κ1) is 16.0. The molecule has 1 saturated carbocycles. The largest absolute Gasteiger partial charge is 0.374 e. The lowest BCUT2D eigenvalue weighted by atomic mass is 9.92. The highest BCUT2D eigenvalue weighted by molar-refractivity contribution is 4.79.